The molecule has 0 radical (unpaired) electrons. The van der Waals surface area contributed by atoms with Gasteiger partial charge in [-0.05, 0) is 32.1 Å². The van der Waals surface area contributed by atoms with Gasteiger partial charge < -0.3 is 19.7 Å². The Morgan fingerprint density at radius 2 is 2.14 bits per heavy atom. The van der Waals surface area contributed by atoms with E-state index >= 15 is 0 Å². The summed E-state index contributed by atoms with van der Waals surface area (Å²) in [5.41, 5.74) is -0.453. The number of piperidine rings is 1. The van der Waals surface area contributed by atoms with Crippen LogP contribution in [0.15, 0.2) is 4.42 Å². The lowest BCUT2D eigenvalue weighted by molar-refractivity contribution is -0.0619. The van der Waals surface area contributed by atoms with Crippen molar-refractivity contribution in [3.63, 3.8) is 0 Å². The van der Waals surface area contributed by atoms with Crippen molar-refractivity contribution in [2.75, 3.05) is 18.0 Å². The summed E-state index contributed by atoms with van der Waals surface area (Å²) in [5.74, 6) is 1.02. The average Bonchev–Trinajstić information content (AvgIpc) is 3.21. The molecule has 1 aromatic rings. The summed E-state index contributed by atoms with van der Waals surface area (Å²) < 4.78 is 5.77. The van der Waals surface area contributed by atoms with Gasteiger partial charge in [0.15, 0.2) is 0 Å². The fourth-order valence-electron chi connectivity index (χ4n) is 3.71. The third-order valence-electron chi connectivity index (χ3n) is 5.27. The third kappa shape index (κ3) is 2.79. The quantitative estimate of drug-likeness (QED) is 0.875. The predicted octanol–water partition coefficient (Wildman–Crippen LogP) is 1.45. The molecule has 6 nitrogen and oxygen atoms in total. The number of hydrogen-bond donors (Lipinski definition) is 2. The average molecular weight is 292 g/mol. The van der Waals surface area contributed by atoms with Gasteiger partial charge in [-0.15, -0.1) is 5.10 Å². The van der Waals surface area contributed by atoms with Crippen LogP contribution in [0.2, 0.25) is 0 Å². The van der Waals surface area contributed by atoms with Gasteiger partial charge in [0.1, 0.15) is 0 Å². The van der Waals surface area contributed by atoms with Gasteiger partial charge in [0, 0.05) is 25.0 Å². The molecule has 2 atom stereocenters. The van der Waals surface area contributed by atoms with Gasteiger partial charge in [0.2, 0.25) is 5.89 Å². The predicted molar refractivity (Wildman–Crippen MR) is 77.9 cm³/mol. The van der Waals surface area contributed by atoms with E-state index in [1.54, 1.807) is 0 Å². The minimum Gasteiger partial charge on any atom is -0.407 e. The van der Waals surface area contributed by atoms with E-state index in [2.05, 4.69) is 20.4 Å². The molecule has 2 aliphatic carbocycles. The Morgan fingerprint density at radius 3 is 3.00 bits per heavy atom. The molecular formula is C15H24N4O2. The molecule has 0 aromatic carbocycles. The highest BCUT2D eigenvalue weighted by Crippen LogP contribution is 2.40. The van der Waals surface area contributed by atoms with Crippen LogP contribution in [0.4, 0.5) is 6.01 Å². The number of aromatic nitrogens is 2. The Hall–Kier alpha value is -1.14. The van der Waals surface area contributed by atoms with E-state index in [1.807, 2.05) is 0 Å². The van der Waals surface area contributed by atoms with Crippen molar-refractivity contribution in [3.05, 3.63) is 5.89 Å². The van der Waals surface area contributed by atoms with E-state index in [0.29, 0.717) is 30.4 Å². The minimum absolute atomic E-state index is 0.347. The number of rotatable bonds is 4. The highest BCUT2D eigenvalue weighted by molar-refractivity contribution is 5.27. The van der Waals surface area contributed by atoms with Crippen LogP contribution >= 0.6 is 0 Å². The molecule has 21 heavy (non-hydrogen) atoms. The first-order valence-corrected chi connectivity index (χ1v) is 8.26. The second-order valence-electron chi connectivity index (χ2n) is 6.88. The molecule has 2 saturated carbocycles. The zero-order valence-corrected chi connectivity index (χ0v) is 12.4. The van der Waals surface area contributed by atoms with Crippen molar-refractivity contribution in [1.82, 2.24) is 15.5 Å². The summed E-state index contributed by atoms with van der Waals surface area (Å²) >= 11 is 0. The standard InChI is InChI=1S/C15H24N4O2/c20-15-6-2-1-3-11(15)10-19(8-7-15)14-18-17-13(21-14)9-16-12-4-5-12/h11-12,16,20H,1-10H2. The van der Waals surface area contributed by atoms with Crippen LogP contribution in [0.3, 0.4) is 0 Å². The third-order valence-corrected chi connectivity index (χ3v) is 5.27. The summed E-state index contributed by atoms with van der Waals surface area (Å²) in [6, 6.07) is 1.27. The van der Waals surface area contributed by atoms with Crippen molar-refractivity contribution < 1.29 is 9.52 Å². The second-order valence-corrected chi connectivity index (χ2v) is 6.88. The lowest BCUT2D eigenvalue weighted by atomic mass is 9.71. The van der Waals surface area contributed by atoms with Crippen LogP contribution in [0.25, 0.3) is 0 Å². The molecule has 1 aliphatic heterocycles. The van der Waals surface area contributed by atoms with Crippen LogP contribution in [0.5, 0.6) is 0 Å². The van der Waals surface area contributed by atoms with Crippen molar-refractivity contribution in [2.24, 2.45) is 5.92 Å². The van der Waals surface area contributed by atoms with Gasteiger partial charge in [-0.25, -0.2) is 0 Å². The molecule has 0 amide bonds. The Morgan fingerprint density at radius 1 is 1.24 bits per heavy atom. The summed E-state index contributed by atoms with van der Waals surface area (Å²) in [7, 11) is 0. The number of hydrogen-bond acceptors (Lipinski definition) is 6. The van der Waals surface area contributed by atoms with Gasteiger partial charge in [-0.2, -0.15) is 0 Å². The monoisotopic (exact) mass is 292 g/mol. The maximum Gasteiger partial charge on any atom is 0.318 e. The molecule has 4 rings (SSSR count). The zero-order valence-electron chi connectivity index (χ0n) is 12.4. The normalized spacial score (nSPS) is 33.0. The van der Waals surface area contributed by atoms with Crippen LogP contribution in [-0.4, -0.2) is 40.0 Å². The van der Waals surface area contributed by atoms with Crippen molar-refractivity contribution in [3.8, 4) is 0 Å². The molecule has 2 N–H and O–H groups in total. The Balaban J connectivity index is 1.39. The molecule has 2 unspecified atom stereocenters. The summed E-state index contributed by atoms with van der Waals surface area (Å²) in [6.07, 6.45) is 7.77. The fourth-order valence-corrected chi connectivity index (χ4v) is 3.71. The molecule has 6 heteroatoms. The number of fused-ring (bicyclic) bond motifs is 1. The van der Waals surface area contributed by atoms with Crippen LogP contribution in [0, 0.1) is 5.92 Å². The van der Waals surface area contributed by atoms with E-state index < -0.39 is 5.60 Å². The molecule has 3 fully saturated rings. The summed E-state index contributed by atoms with van der Waals surface area (Å²) in [5, 5.41) is 22.4. The number of aliphatic hydroxyl groups is 1. The Bertz CT molecular complexity index is 502. The van der Waals surface area contributed by atoms with Crippen LogP contribution in [0.1, 0.15) is 50.8 Å². The number of nitrogens with zero attached hydrogens (tertiary/aromatic N) is 3. The first-order chi connectivity index (χ1) is 10.2. The van der Waals surface area contributed by atoms with E-state index in [1.165, 1.54) is 19.3 Å². The summed E-state index contributed by atoms with van der Waals surface area (Å²) in [4.78, 5) is 2.15. The van der Waals surface area contributed by atoms with Gasteiger partial charge >= 0.3 is 6.01 Å². The van der Waals surface area contributed by atoms with Gasteiger partial charge in [-0.3, -0.25) is 0 Å². The van der Waals surface area contributed by atoms with Crippen molar-refractivity contribution in [1.29, 1.82) is 0 Å². The topological polar surface area (TPSA) is 74.4 Å². The largest absolute Gasteiger partial charge is 0.407 e. The number of nitrogens with one attached hydrogen (secondary N) is 1. The van der Waals surface area contributed by atoms with Crippen LogP contribution in [-0.2, 0) is 6.54 Å². The smallest absolute Gasteiger partial charge is 0.318 e. The lowest BCUT2D eigenvalue weighted by Gasteiger charge is -2.46. The molecular weight excluding hydrogens is 268 g/mol. The Labute approximate surface area is 124 Å². The van der Waals surface area contributed by atoms with Gasteiger partial charge in [0.05, 0.1) is 12.1 Å². The van der Waals surface area contributed by atoms with Crippen LogP contribution < -0.4 is 10.2 Å². The van der Waals surface area contributed by atoms with E-state index in [-0.39, 0.29) is 0 Å². The maximum atomic E-state index is 10.7. The van der Waals surface area contributed by atoms with Crippen molar-refractivity contribution >= 4 is 6.01 Å². The highest BCUT2D eigenvalue weighted by atomic mass is 16.4. The minimum atomic E-state index is -0.453. The first kappa shape index (κ1) is 13.5. The highest BCUT2D eigenvalue weighted by Gasteiger charge is 2.43. The molecule has 0 bridgehead atoms. The zero-order chi connectivity index (χ0) is 14.3. The van der Waals surface area contributed by atoms with E-state index in [0.717, 1.165) is 38.8 Å². The number of anilines is 1. The van der Waals surface area contributed by atoms with E-state index in [4.69, 9.17) is 4.42 Å². The van der Waals surface area contributed by atoms with Crippen molar-refractivity contribution in [2.45, 2.75) is 63.1 Å². The van der Waals surface area contributed by atoms with E-state index in [9.17, 15) is 5.11 Å². The fraction of sp³-hybridized carbons (Fsp3) is 0.867. The summed E-state index contributed by atoms with van der Waals surface area (Å²) in [6.45, 7) is 2.32. The maximum absolute atomic E-state index is 10.7. The molecule has 116 valence electrons. The second kappa shape index (κ2) is 5.25. The molecule has 1 aromatic heterocycles. The first-order valence-electron chi connectivity index (χ1n) is 8.26. The molecule has 3 aliphatic rings. The van der Waals surface area contributed by atoms with Gasteiger partial charge in [0.25, 0.3) is 0 Å². The Kier molecular flexibility index (Phi) is 3.38. The molecule has 0 spiro atoms. The lowest BCUT2D eigenvalue weighted by Crippen LogP contribution is -2.53. The van der Waals surface area contributed by atoms with Gasteiger partial charge in [-0.1, -0.05) is 17.9 Å². The molecule has 1 saturated heterocycles. The molecule has 2 heterocycles. The SMILES string of the molecule is OC12CCCCC1CN(c1nnc(CNC3CC3)o1)CC2.